The Morgan fingerprint density at radius 1 is 1.35 bits per heavy atom. The molecule has 2 aromatic rings. The van der Waals surface area contributed by atoms with Gasteiger partial charge in [-0.2, -0.15) is 0 Å². The minimum atomic E-state index is -0.536. The van der Waals surface area contributed by atoms with Crippen LogP contribution in [-0.2, 0) is 5.54 Å². The van der Waals surface area contributed by atoms with Crippen LogP contribution >= 0.6 is 0 Å². The normalized spacial score (nSPS) is 11.8. The highest BCUT2D eigenvalue weighted by molar-refractivity contribution is 5.39. The van der Waals surface area contributed by atoms with E-state index in [0.29, 0.717) is 5.69 Å². The third-order valence-corrected chi connectivity index (χ3v) is 2.56. The molecule has 1 heterocycles. The minimum absolute atomic E-state index is 0.259. The van der Waals surface area contributed by atoms with Crippen LogP contribution in [0, 0.1) is 12.7 Å². The Balaban J connectivity index is 2.44. The van der Waals surface area contributed by atoms with E-state index in [0.717, 1.165) is 11.3 Å². The molecule has 5 heteroatoms. The first-order chi connectivity index (χ1) is 7.88. The molecule has 0 aliphatic carbocycles. The SMILES string of the molecule is Cc1cc(F)ccc1-n1cc(C(C)(C)N)nn1. The molecule has 2 rings (SSSR count). The van der Waals surface area contributed by atoms with Crippen LogP contribution in [0.2, 0.25) is 0 Å². The number of rotatable bonds is 2. The van der Waals surface area contributed by atoms with Crippen molar-refractivity contribution < 1.29 is 4.39 Å². The van der Waals surface area contributed by atoms with Crippen LogP contribution in [0.3, 0.4) is 0 Å². The molecule has 90 valence electrons. The van der Waals surface area contributed by atoms with Crippen LogP contribution in [-0.4, -0.2) is 15.0 Å². The van der Waals surface area contributed by atoms with Crippen molar-refractivity contribution in [2.45, 2.75) is 26.3 Å². The van der Waals surface area contributed by atoms with E-state index in [4.69, 9.17) is 5.73 Å². The average Bonchev–Trinajstić information content (AvgIpc) is 2.65. The summed E-state index contributed by atoms with van der Waals surface area (Å²) >= 11 is 0. The maximum absolute atomic E-state index is 13.0. The van der Waals surface area contributed by atoms with Gasteiger partial charge in [0.2, 0.25) is 0 Å². The summed E-state index contributed by atoms with van der Waals surface area (Å²) in [6, 6.07) is 4.54. The Hall–Kier alpha value is -1.75. The Morgan fingerprint density at radius 2 is 2.06 bits per heavy atom. The van der Waals surface area contributed by atoms with Gasteiger partial charge in [0.05, 0.1) is 17.4 Å². The van der Waals surface area contributed by atoms with Gasteiger partial charge in [0.25, 0.3) is 0 Å². The van der Waals surface area contributed by atoms with E-state index in [1.807, 2.05) is 20.8 Å². The van der Waals surface area contributed by atoms with Crippen molar-refractivity contribution in [1.29, 1.82) is 0 Å². The number of hydrogen-bond donors (Lipinski definition) is 1. The molecule has 0 bridgehead atoms. The smallest absolute Gasteiger partial charge is 0.123 e. The molecule has 4 nitrogen and oxygen atoms in total. The number of hydrogen-bond acceptors (Lipinski definition) is 3. The van der Waals surface area contributed by atoms with Gasteiger partial charge in [0.15, 0.2) is 0 Å². The second-order valence-electron chi connectivity index (χ2n) is 4.70. The number of nitrogens with two attached hydrogens (primary N) is 1. The maximum Gasteiger partial charge on any atom is 0.123 e. The Labute approximate surface area is 99.2 Å². The molecule has 0 saturated carbocycles. The van der Waals surface area contributed by atoms with Crippen LogP contribution in [0.25, 0.3) is 5.69 Å². The summed E-state index contributed by atoms with van der Waals surface area (Å²) in [6.07, 6.45) is 1.76. The zero-order chi connectivity index (χ0) is 12.6. The molecule has 2 N–H and O–H groups in total. The monoisotopic (exact) mass is 234 g/mol. The van der Waals surface area contributed by atoms with Crippen LogP contribution in [0.1, 0.15) is 25.1 Å². The molecule has 0 fully saturated rings. The summed E-state index contributed by atoms with van der Waals surface area (Å²) < 4.78 is 14.6. The fraction of sp³-hybridized carbons (Fsp3) is 0.333. The van der Waals surface area contributed by atoms with E-state index in [2.05, 4.69) is 10.3 Å². The molecule has 1 aromatic carbocycles. The highest BCUT2D eigenvalue weighted by Gasteiger charge is 2.19. The fourth-order valence-corrected chi connectivity index (χ4v) is 1.55. The second kappa shape index (κ2) is 3.92. The number of benzene rings is 1. The summed E-state index contributed by atoms with van der Waals surface area (Å²) in [5, 5.41) is 8.03. The standard InChI is InChI=1S/C12H15FN4/c1-8-6-9(13)4-5-10(8)17-7-11(15-16-17)12(2,3)14/h4-7H,14H2,1-3H3. The minimum Gasteiger partial charge on any atom is -0.320 e. The van der Waals surface area contributed by atoms with Gasteiger partial charge in [-0.1, -0.05) is 5.21 Å². The van der Waals surface area contributed by atoms with Crippen molar-refractivity contribution >= 4 is 0 Å². The predicted octanol–water partition coefficient (Wildman–Crippen LogP) is 1.91. The molecular formula is C12H15FN4. The lowest BCUT2D eigenvalue weighted by Crippen LogP contribution is -2.29. The Morgan fingerprint density at radius 3 is 2.59 bits per heavy atom. The van der Waals surface area contributed by atoms with Crippen molar-refractivity contribution in [2.24, 2.45) is 5.73 Å². The first kappa shape index (κ1) is 11.7. The van der Waals surface area contributed by atoms with E-state index in [-0.39, 0.29) is 5.82 Å². The van der Waals surface area contributed by atoms with Crippen LogP contribution in [0.5, 0.6) is 0 Å². The summed E-state index contributed by atoms with van der Waals surface area (Å²) in [5.41, 5.74) is 7.70. The molecule has 0 amide bonds. The fourth-order valence-electron chi connectivity index (χ4n) is 1.55. The number of aryl methyl sites for hydroxylation is 1. The van der Waals surface area contributed by atoms with Gasteiger partial charge in [-0.15, -0.1) is 5.10 Å². The molecular weight excluding hydrogens is 219 g/mol. The molecule has 0 saturated heterocycles. The molecule has 0 spiro atoms. The van der Waals surface area contributed by atoms with E-state index < -0.39 is 5.54 Å². The highest BCUT2D eigenvalue weighted by atomic mass is 19.1. The molecule has 0 atom stereocenters. The van der Waals surface area contributed by atoms with Crippen LogP contribution in [0.15, 0.2) is 24.4 Å². The largest absolute Gasteiger partial charge is 0.320 e. The average molecular weight is 234 g/mol. The molecule has 0 radical (unpaired) electrons. The van der Waals surface area contributed by atoms with Crippen molar-refractivity contribution in [3.05, 3.63) is 41.5 Å². The Bertz CT molecular complexity index is 540. The van der Waals surface area contributed by atoms with Gasteiger partial charge in [-0.05, 0) is 44.5 Å². The van der Waals surface area contributed by atoms with Gasteiger partial charge >= 0.3 is 0 Å². The Kier molecular flexibility index (Phi) is 2.71. The van der Waals surface area contributed by atoms with Gasteiger partial charge in [-0.3, -0.25) is 0 Å². The number of halogens is 1. The second-order valence-corrected chi connectivity index (χ2v) is 4.70. The number of nitrogens with zero attached hydrogens (tertiary/aromatic N) is 3. The van der Waals surface area contributed by atoms with Crippen LogP contribution < -0.4 is 5.73 Å². The van der Waals surface area contributed by atoms with Gasteiger partial charge in [-0.25, -0.2) is 9.07 Å². The van der Waals surface area contributed by atoms with E-state index in [9.17, 15) is 4.39 Å². The summed E-state index contributed by atoms with van der Waals surface area (Å²) in [6.45, 7) is 5.55. The highest BCUT2D eigenvalue weighted by Crippen LogP contribution is 2.18. The quantitative estimate of drug-likeness (QED) is 0.863. The lowest BCUT2D eigenvalue weighted by molar-refractivity contribution is 0.533. The summed E-state index contributed by atoms with van der Waals surface area (Å²) in [5.74, 6) is -0.259. The summed E-state index contributed by atoms with van der Waals surface area (Å²) in [7, 11) is 0. The summed E-state index contributed by atoms with van der Waals surface area (Å²) in [4.78, 5) is 0. The van der Waals surface area contributed by atoms with E-state index in [1.165, 1.54) is 12.1 Å². The lowest BCUT2D eigenvalue weighted by atomic mass is 10.0. The molecule has 17 heavy (non-hydrogen) atoms. The molecule has 0 aliphatic heterocycles. The predicted molar refractivity (Wildman–Crippen MR) is 63.3 cm³/mol. The molecule has 1 aromatic heterocycles. The first-order valence-electron chi connectivity index (χ1n) is 5.36. The maximum atomic E-state index is 13.0. The van der Waals surface area contributed by atoms with Gasteiger partial charge in [0, 0.05) is 0 Å². The number of aromatic nitrogens is 3. The van der Waals surface area contributed by atoms with Crippen molar-refractivity contribution in [1.82, 2.24) is 15.0 Å². The topological polar surface area (TPSA) is 56.7 Å². The lowest BCUT2D eigenvalue weighted by Gasteiger charge is -2.13. The third kappa shape index (κ3) is 2.34. The van der Waals surface area contributed by atoms with Crippen molar-refractivity contribution in [3.63, 3.8) is 0 Å². The van der Waals surface area contributed by atoms with E-state index in [1.54, 1.807) is 16.9 Å². The van der Waals surface area contributed by atoms with Crippen molar-refractivity contribution in [3.8, 4) is 5.69 Å². The third-order valence-electron chi connectivity index (χ3n) is 2.56. The van der Waals surface area contributed by atoms with Gasteiger partial charge in [0.1, 0.15) is 11.5 Å². The van der Waals surface area contributed by atoms with Crippen molar-refractivity contribution in [2.75, 3.05) is 0 Å². The first-order valence-corrected chi connectivity index (χ1v) is 5.36. The zero-order valence-corrected chi connectivity index (χ0v) is 10.1. The molecule has 0 aliphatic rings. The van der Waals surface area contributed by atoms with Crippen LogP contribution in [0.4, 0.5) is 4.39 Å². The zero-order valence-electron chi connectivity index (χ0n) is 10.1. The van der Waals surface area contributed by atoms with E-state index >= 15 is 0 Å². The van der Waals surface area contributed by atoms with Gasteiger partial charge < -0.3 is 5.73 Å². The molecule has 0 unspecified atom stereocenters.